The van der Waals surface area contributed by atoms with Crippen LogP contribution in [0.1, 0.15) is 19.8 Å². The second-order valence-corrected chi connectivity index (χ2v) is 4.06. The van der Waals surface area contributed by atoms with Gasteiger partial charge in [0.15, 0.2) is 0 Å². The Morgan fingerprint density at radius 3 is 2.67 bits per heavy atom. The molecular formula is C10H18N2O3. The lowest BCUT2D eigenvalue weighted by atomic mass is 10.1. The van der Waals surface area contributed by atoms with Gasteiger partial charge in [-0.05, 0) is 26.4 Å². The van der Waals surface area contributed by atoms with E-state index in [0.29, 0.717) is 6.42 Å². The summed E-state index contributed by atoms with van der Waals surface area (Å²) in [7, 11) is 1.96. The molecule has 0 saturated carbocycles. The number of nitrogens with one attached hydrogen (secondary N) is 1. The van der Waals surface area contributed by atoms with Crippen LogP contribution in [0.5, 0.6) is 0 Å². The Balaban J connectivity index is 2.44. The summed E-state index contributed by atoms with van der Waals surface area (Å²) in [6, 6.07) is -0.747. The minimum atomic E-state index is -0.961. The van der Waals surface area contributed by atoms with Crippen molar-refractivity contribution in [3.63, 3.8) is 0 Å². The quantitative estimate of drug-likeness (QED) is 0.686. The van der Waals surface area contributed by atoms with Gasteiger partial charge in [-0.15, -0.1) is 0 Å². The number of likely N-dealkylation sites (tertiary alicyclic amines) is 1. The first-order chi connectivity index (χ1) is 7.04. The summed E-state index contributed by atoms with van der Waals surface area (Å²) in [5.41, 5.74) is 0. The molecule has 2 N–H and O–H groups in total. The highest BCUT2D eigenvalue weighted by atomic mass is 16.4. The van der Waals surface area contributed by atoms with Gasteiger partial charge in [0, 0.05) is 6.54 Å². The van der Waals surface area contributed by atoms with Crippen molar-refractivity contribution in [2.75, 3.05) is 20.1 Å². The normalized spacial score (nSPS) is 23.7. The van der Waals surface area contributed by atoms with E-state index in [9.17, 15) is 9.59 Å². The van der Waals surface area contributed by atoms with Crippen molar-refractivity contribution in [1.82, 2.24) is 10.2 Å². The van der Waals surface area contributed by atoms with Crippen LogP contribution >= 0.6 is 0 Å². The van der Waals surface area contributed by atoms with Gasteiger partial charge in [0.1, 0.15) is 6.04 Å². The predicted molar refractivity (Wildman–Crippen MR) is 55.5 cm³/mol. The van der Waals surface area contributed by atoms with Gasteiger partial charge >= 0.3 is 5.97 Å². The summed E-state index contributed by atoms with van der Waals surface area (Å²) >= 11 is 0. The molecule has 0 spiro atoms. The molecule has 1 unspecified atom stereocenters. The Morgan fingerprint density at radius 2 is 2.27 bits per heavy atom. The number of hydrogen-bond acceptors (Lipinski definition) is 3. The second-order valence-electron chi connectivity index (χ2n) is 4.06. The largest absolute Gasteiger partial charge is 0.480 e. The summed E-state index contributed by atoms with van der Waals surface area (Å²) in [6.07, 6.45) is 1.24. The number of carbonyl (C=O) groups excluding carboxylic acids is 1. The maximum Gasteiger partial charge on any atom is 0.326 e. The number of rotatable bonds is 4. The van der Waals surface area contributed by atoms with Gasteiger partial charge in [0.05, 0.1) is 5.92 Å². The molecule has 1 fully saturated rings. The minimum Gasteiger partial charge on any atom is -0.480 e. The van der Waals surface area contributed by atoms with E-state index in [1.54, 1.807) is 6.92 Å². The molecule has 1 heterocycles. The van der Waals surface area contributed by atoms with Crippen molar-refractivity contribution in [1.29, 1.82) is 0 Å². The molecule has 86 valence electrons. The summed E-state index contributed by atoms with van der Waals surface area (Å²) < 4.78 is 0. The third-order valence-corrected chi connectivity index (χ3v) is 2.78. The smallest absolute Gasteiger partial charge is 0.326 e. The van der Waals surface area contributed by atoms with E-state index in [1.807, 2.05) is 7.05 Å². The molecule has 1 rings (SSSR count). The van der Waals surface area contributed by atoms with Crippen LogP contribution < -0.4 is 5.32 Å². The first-order valence-electron chi connectivity index (χ1n) is 5.26. The topological polar surface area (TPSA) is 69.6 Å². The van der Waals surface area contributed by atoms with Crippen LogP contribution in [-0.2, 0) is 9.59 Å². The zero-order valence-corrected chi connectivity index (χ0v) is 9.19. The fraction of sp³-hybridized carbons (Fsp3) is 0.800. The van der Waals surface area contributed by atoms with Gasteiger partial charge in [-0.25, -0.2) is 4.79 Å². The summed E-state index contributed by atoms with van der Waals surface area (Å²) in [5.74, 6) is -1.14. The number of carboxylic acid groups (broad SMARTS) is 1. The fourth-order valence-electron chi connectivity index (χ4n) is 1.78. The molecule has 0 aromatic rings. The van der Waals surface area contributed by atoms with Crippen LogP contribution in [0.4, 0.5) is 0 Å². The monoisotopic (exact) mass is 214 g/mol. The third-order valence-electron chi connectivity index (χ3n) is 2.78. The lowest BCUT2D eigenvalue weighted by Gasteiger charge is -2.15. The SMILES string of the molecule is CC[C@H](NC(=O)C1CCN(C)C1)C(=O)O. The zero-order valence-electron chi connectivity index (χ0n) is 9.19. The summed E-state index contributed by atoms with van der Waals surface area (Å²) in [4.78, 5) is 24.5. The summed E-state index contributed by atoms with van der Waals surface area (Å²) in [5, 5.41) is 11.4. The van der Waals surface area contributed by atoms with Gasteiger partial charge in [-0.3, -0.25) is 4.79 Å². The van der Waals surface area contributed by atoms with Gasteiger partial charge in [0.25, 0.3) is 0 Å². The van der Waals surface area contributed by atoms with Crippen LogP contribution in [-0.4, -0.2) is 48.1 Å². The Bertz CT molecular complexity index is 255. The third kappa shape index (κ3) is 3.20. The molecule has 2 atom stereocenters. The molecule has 0 bridgehead atoms. The minimum absolute atomic E-state index is 0.0524. The van der Waals surface area contributed by atoms with E-state index in [4.69, 9.17) is 5.11 Å². The average molecular weight is 214 g/mol. The first-order valence-corrected chi connectivity index (χ1v) is 5.26. The highest BCUT2D eigenvalue weighted by Gasteiger charge is 2.28. The molecule has 0 aromatic carbocycles. The Morgan fingerprint density at radius 1 is 1.60 bits per heavy atom. The molecule has 0 aromatic heterocycles. The molecule has 5 nitrogen and oxygen atoms in total. The number of carboxylic acids is 1. The van der Waals surface area contributed by atoms with E-state index in [1.165, 1.54) is 0 Å². The van der Waals surface area contributed by atoms with Gasteiger partial charge in [-0.2, -0.15) is 0 Å². The second kappa shape index (κ2) is 5.11. The molecule has 15 heavy (non-hydrogen) atoms. The molecule has 1 aliphatic rings. The van der Waals surface area contributed by atoms with Gasteiger partial charge in [-0.1, -0.05) is 6.92 Å². The number of hydrogen-bond donors (Lipinski definition) is 2. The standard InChI is InChI=1S/C10H18N2O3/c1-3-8(10(14)15)11-9(13)7-4-5-12(2)6-7/h7-8H,3-6H2,1-2H3,(H,11,13)(H,14,15)/t7?,8-/m0/s1. The van der Waals surface area contributed by atoms with Gasteiger partial charge in [0.2, 0.25) is 5.91 Å². The molecule has 1 amide bonds. The predicted octanol–water partition coefficient (Wildman–Crippen LogP) is -0.0825. The van der Waals surface area contributed by atoms with Crippen molar-refractivity contribution in [2.45, 2.75) is 25.8 Å². The average Bonchev–Trinajstić information content (AvgIpc) is 2.60. The maximum atomic E-state index is 11.7. The Kier molecular flexibility index (Phi) is 4.08. The highest BCUT2D eigenvalue weighted by molar-refractivity contribution is 5.85. The lowest BCUT2D eigenvalue weighted by molar-refractivity contribution is -0.142. The number of nitrogens with zero attached hydrogens (tertiary/aromatic N) is 1. The lowest BCUT2D eigenvalue weighted by Crippen LogP contribution is -2.43. The number of aliphatic carboxylic acids is 1. The van der Waals surface area contributed by atoms with Crippen LogP contribution in [0.15, 0.2) is 0 Å². The first kappa shape index (κ1) is 12.0. The van der Waals surface area contributed by atoms with Crippen LogP contribution in [0.25, 0.3) is 0 Å². The maximum absolute atomic E-state index is 11.7. The van der Waals surface area contributed by atoms with Crippen molar-refractivity contribution in [3.8, 4) is 0 Å². The van der Waals surface area contributed by atoms with E-state index in [-0.39, 0.29) is 11.8 Å². The zero-order chi connectivity index (χ0) is 11.4. The van der Waals surface area contributed by atoms with Crippen LogP contribution in [0.2, 0.25) is 0 Å². The molecule has 0 aliphatic carbocycles. The molecular weight excluding hydrogens is 196 g/mol. The Hall–Kier alpha value is -1.10. The van der Waals surface area contributed by atoms with Crippen molar-refractivity contribution in [2.24, 2.45) is 5.92 Å². The van der Waals surface area contributed by atoms with Crippen LogP contribution in [0.3, 0.4) is 0 Å². The molecule has 5 heteroatoms. The summed E-state index contributed by atoms with van der Waals surface area (Å²) in [6.45, 7) is 3.38. The van der Waals surface area contributed by atoms with E-state index >= 15 is 0 Å². The molecule has 1 saturated heterocycles. The highest BCUT2D eigenvalue weighted by Crippen LogP contribution is 2.14. The molecule has 1 aliphatic heterocycles. The van der Waals surface area contributed by atoms with Gasteiger partial charge < -0.3 is 15.3 Å². The molecule has 0 radical (unpaired) electrons. The fourth-order valence-corrected chi connectivity index (χ4v) is 1.78. The number of carbonyl (C=O) groups is 2. The van der Waals surface area contributed by atoms with E-state index < -0.39 is 12.0 Å². The number of amides is 1. The van der Waals surface area contributed by atoms with E-state index in [0.717, 1.165) is 19.5 Å². The van der Waals surface area contributed by atoms with Crippen molar-refractivity contribution >= 4 is 11.9 Å². The van der Waals surface area contributed by atoms with Crippen molar-refractivity contribution in [3.05, 3.63) is 0 Å². The van der Waals surface area contributed by atoms with Crippen LogP contribution in [0, 0.1) is 5.92 Å². The Labute approximate surface area is 89.4 Å². The van der Waals surface area contributed by atoms with Crippen molar-refractivity contribution < 1.29 is 14.7 Å². The van der Waals surface area contributed by atoms with E-state index in [2.05, 4.69) is 10.2 Å².